The van der Waals surface area contributed by atoms with Crippen LogP contribution in [-0.4, -0.2) is 35.5 Å². The van der Waals surface area contributed by atoms with Gasteiger partial charge in [0.25, 0.3) is 0 Å². The van der Waals surface area contributed by atoms with Crippen LogP contribution < -0.4 is 0 Å². The van der Waals surface area contributed by atoms with Gasteiger partial charge in [-0.1, -0.05) is 20.8 Å². The van der Waals surface area contributed by atoms with Crippen LogP contribution in [0.3, 0.4) is 0 Å². The molecule has 0 aromatic heterocycles. The second-order valence-corrected chi connectivity index (χ2v) is 3.49. The molecule has 0 heterocycles. The third-order valence-corrected chi connectivity index (χ3v) is 2.36. The summed E-state index contributed by atoms with van der Waals surface area (Å²) < 4.78 is 0. The number of hydrazone groups is 1. The van der Waals surface area contributed by atoms with Crippen molar-refractivity contribution >= 4 is 5.71 Å². The SMILES string of the molecule is CCC(=NN(C)C)C(O)(CC)CC. The van der Waals surface area contributed by atoms with Crippen molar-refractivity contribution in [3.63, 3.8) is 0 Å². The third-order valence-electron chi connectivity index (χ3n) is 2.36. The molecule has 0 amide bonds. The van der Waals surface area contributed by atoms with Crippen molar-refractivity contribution in [2.75, 3.05) is 14.1 Å². The quantitative estimate of drug-likeness (QED) is 0.525. The van der Waals surface area contributed by atoms with Crippen LogP contribution in [0.2, 0.25) is 0 Å². The molecule has 3 heteroatoms. The van der Waals surface area contributed by atoms with Crippen LogP contribution in [0, 0.1) is 0 Å². The predicted molar refractivity (Wildman–Crippen MR) is 56.9 cm³/mol. The second kappa shape index (κ2) is 5.22. The van der Waals surface area contributed by atoms with Crippen LogP contribution in [0.25, 0.3) is 0 Å². The summed E-state index contributed by atoms with van der Waals surface area (Å²) in [5.41, 5.74) is 0.168. The fraction of sp³-hybridized carbons (Fsp3) is 0.900. The van der Waals surface area contributed by atoms with Crippen molar-refractivity contribution in [3.05, 3.63) is 0 Å². The van der Waals surface area contributed by atoms with Gasteiger partial charge in [-0.05, 0) is 19.3 Å². The molecule has 13 heavy (non-hydrogen) atoms. The number of hydrogen-bond acceptors (Lipinski definition) is 3. The smallest absolute Gasteiger partial charge is 0.104 e. The molecule has 0 spiro atoms. The van der Waals surface area contributed by atoms with E-state index in [0.29, 0.717) is 0 Å². The first-order chi connectivity index (χ1) is 6.00. The first-order valence-electron chi connectivity index (χ1n) is 4.97. The third kappa shape index (κ3) is 3.35. The van der Waals surface area contributed by atoms with Gasteiger partial charge in [-0.2, -0.15) is 5.10 Å². The van der Waals surface area contributed by atoms with E-state index in [1.807, 2.05) is 34.9 Å². The van der Waals surface area contributed by atoms with E-state index >= 15 is 0 Å². The lowest BCUT2D eigenvalue weighted by atomic mass is 9.90. The van der Waals surface area contributed by atoms with Gasteiger partial charge in [0.05, 0.1) is 5.71 Å². The molecule has 78 valence electrons. The number of hydrogen-bond donors (Lipinski definition) is 1. The van der Waals surface area contributed by atoms with Gasteiger partial charge in [0.2, 0.25) is 0 Å². The van der Waals surface area contributed by atoms with Gasteiger partial charge in [0.1, 0.15) is 5.60 Å². The Morgan fingerprint density at radius 1 is 1.23 bits per heavy atom. The first kappa shape index (κ1) is 12.4. The van der Waals surface area contributed by atoms with E-state index in [-0.39, 0.29) is 0 Å². The Morgan fingerprint density at radius 2 is 1.69 bits per heavy atom. The Bertz CT molecular complexity index is 172. The van der Waals surface area contributed by atoms with Crippen LogP contribution in [0.1, 0.15) is 40.0 Å². The fourth-order valence-electron chi connectivity index (χ4n) is 1.39. The molecule has 0 saturated carbocycles. The summed E-state index contributed by atoms with van der Waals surface area (Å²) in [7, 11) is 3.75. The van der Waals surface area contributed by atoms with E-state index in [4.69, 9.17) is 0 Å². The molecule has 0 aliphatic carbocycles. The molecule has 0 saturated heterocycles. The summed E-state index contributed by atoms with van der Waals surface area (Å²) >= 11 is 0. The molecule has 3 nitrogen and oxygen atoms in total. The zero-order chi connectivity index (χ0) is 10.5. The molecule has 0 unspecified atom stereocenters. The first-order valence-corrected chi connectivity index (χ1v) is 4.97. The Kier molecular flexibility index (Phi) is 4.99. The summed E-state index contributed by atoms with van der Waals surface area (Å²) in [5.74, 6) is 0. The van der Waals surface area contributed by atoms with Crippen molar-refractivity contribution < 1.29 is 5.11 Å². The van der Waals surface area contributed by atoms with Gasteiger partial charge in [-0.15, -0.1) is 0 Å². The number of nitrogens with zero attached hydrogens (tertiary/aromatic N) is 2. The van der Waals surface area contributed by atoms with Crippen LogP contribution in [0.5, 0.6) is 0 Å². The van der Waals surface area contributed by atoms with Crippen molar-refractivity contribution in [2.24, 2.45) is 5.10 Å². The van der Waals surface area contributed by atoms with Crippen molar-refractivity contribution in [1.29, 1.82) is 0 Å². The maximum Gasteiger partial charge on any atom is 0.104 e. The van der Waals surface area contributed by atoms with Gasteiger partial charge >= 0.3 is 0 Å². The molecule has 0 aliphatic heterocycles. The highest BCUT2D eigenvalue weighted by Gasteiger charge is 2.28. The molecule has 0 rings (SSSR count). The molecular formula is C10H22N2O. The van der Waals surface area contributed by atoms with E-state index in [0.717, 1.165) is 25.0 Å². The Balaban J connectivity index is 4.72. The van der Waals surface area contributed by atoms with Crippen LogP contribution in [0.4, 0.5) is 0 Å². The lowest BCUT2D eigenvalue weighted by Crippen LogP contribution is -2.38. The van der Waals surface area contributed by atoms with Crippen molar-refractivity contribution in [3.8, 4) is 0 Å². The Hall–Kier alpha value is -0.570. The normalized spacial score (nSPS) is 13.2. The molecule has 0 bridgehead atoms. The number of rotatable bonds is 5. The van der Waals surface area contributed by atoms with Gasteiger partial charge in [-0.25, -0.2) is 0 Å². The highest BCUT2D eigenvalue weighted by molar-refractivity contribution is 5.91. The van der Waals surface area contributed by atoms with Gasteiger partial charge in [-0.3, -0.25) is 0 Å². The molecule has 0 fully saturated rings. The molecule has 0 aromatic carbocycles. The highest BCUT2D eigenvalue weighted by atomic mass is 16.3. The van der Waals surface area contributed by atoms with Gasteiger partial charge in [0.15, 0.2) is 0 Å². The average Bonchev–Trinajstić information content (AvgIpc) is 2.12. The summed E-state index contributed by atoms with van der Waals surface area (Å²) in [4.78, 5) is 0. The molecule has 0 radical (unpaired) electrons. The maximum atomic E-state index is 10.2. The van der Waals surface area contributed by atoms with E-state index < -0.39 is 5.60 Å². The molecule has 0 atom stereocenters. The highest BCUT2D eigenvalue weighted by Crippen LogP contribution is 2.19. The minimum absolute atomic E-state index is 0.709. The van der Waals surface area contributed by atoms with Crippen molar-refractivity contribution in [1.82, 2.24) is 5.01 Å². The van der Waals surface area contributed by atoms with Gasteiger partial charge < -0.3 is 10.1 Å². The topological polar surface area (TPSA) is 35.8 Å². The van der Waals surface area contributed by atoms with Gasteiger partial charge in [0, 0.05) is 14.1 Å². The van der Waals surface area contributed by atoms with Crippen LogP contribution >= 0.6 is 0 Å². The predicted octanol–water partition coefficient (Wildman–Crippen LogP) is 1.87. The zero-order valence-corrected chi connectivity index (χ0v) is 9.46. The van der Waals surface area contributed by atoms with Crippen molar-refractivity contribution in [2.45, 2.75) is 45.6 Å². The maximum absolute atomic E-state index is 10.2. The molecule has 0 aliphatic rings. The lowest BCUT2D eigenvalue weighted by Gasteiger charge is -2.27. The molecule has 0 aromatic rings. The van der Waals surface area contributed by atoms with E-state index in [2.05, 4.69) is 5.10 Å². The number of aliphatic hydroxyl groups is 1. The van der Waals surface area contributed by atoms with E-state index in [1.54, 1.807) is 5.01 Å². The van der Waals surface area contributed by atoms with E-state index in [1.165, 1.54) is 0 Å². The Labute approximate surface area is 81.4 Å². The molecule has 1 N–H and O–H groups in total. The summed E-state index contributed by atoms with van der Waals surface area (Å²) in [6, 6.07) is 0. The van der Waals surface area contributed by atoms with E-state index in [9.17, 15) is 5.11 Å². The monoisotopic (exact) mass is 186 g/mol. The fourth-order valence-corrected chi connectivity index (χ4v) is 1.39. The summed E-state index contributed by atoms with van der Waals surface area (Å²) in [5, 5.41) is 16.2. The molecular weight excluding hydrogens is 164 g/mol. The van der Waals surface area contributed by atoms with Crippen LogP contribution in [-0.2, 0) is 0 Å². The second-order valence-electron chi connectivity index (χ2n) is 3.49. The minimum atomic E-state index is -0.709. The summed E-state index contributed by atoms with van der Waals surface area (Å²) in [6.45, 7) is 6.01. The minimum Gasteiger partial charge on any atom is -0.384 e. The lowest BCUT2D eigenvalue weighted by molar-refractivity contribution is 0.0993. The largest absolute Gasteiger partial charge is 0.384 e. The summed E-state index contributed by atoms with van der Waals surface area (Å²) in [6.07, 6.45) is 2.25. The Morgan fingerprint density at radius 3 is 1.92 bits per heavy atom. The average molecular weight is 186 g/mol. The standard InChI is InChI=1S/C10H22N2O/c1-6-9(11-12(4)5)10(13,7-2)8-3/h13H,6-8H2,1-5H3. The van der Waals surface area contributed by atoms with Crippen LogP contribution in [0.15, 0.2) is 5.10 Å². The zero-order valence-electron chi connectivity index (χ0n) is 9.46.